The van der Waals surface area contributed by atoms with Gasteiger partial charge in [0.25, 0.3) is 0 Å². The third-order valence-electron chi connectivity index (χ3n) is 1.56. The van der Waals surface area contributed by atoms with Gasteiger partial charge in [0.05, 0.1) is 0 Å². The molecule has 0 aliphatic rings. The molecule has 0 saturated carbocycles. The maximum Gasteiger partial charge on any atom is 0.316 e. The van der Waals surface area contributed by atoms with Crippen LogP contribution in [0, 0.1) is 0 Å². The Kier molecular flexibility index (Phi) is 4.83. The number of anilines is 1. The number of carbonyl (C=O) groups excluding carboxylic acids is 1. The first-order valence-electron chi connectivity index (χ1n) is 4.39. The molecule has 1 heterocycles. The summed E-state index contributed by atoms with van der Waals surface area (Å²) in [6.07, 6.45) is 0. The first-order valence-corrected chi connectivity index (χ1v) is 6.07. The highest BCUT2D eigenvalue weighted by Gasteiger charge is 2.01. The van der Waals surface area contributed by atoms with Crippen molar-refractivity contribution >= 4 is 38.4 Å². The summed E-state index contributed by atoms with van der Waals surface area (Å²) < 4.78 is 0.826. The van der Waals surface area contributed by atoms with Crippen molar-refractivity contribution in [1.82, 2.24) is 15.2 Å². The number of rotatable bonds is 4. The quantitative estimate of drug-likeness (QED) is 0.829. The molecule has 0 radical (unpaired) electrons. The molecule has 0 aliphatic carbocycles. The zero-order chi connectivity index (χ0) is 11.3. The fraction of sp³-hybridized carbons (Fsp3) is 0.500. The van der Waals surface area contributed by atoms with E-state index in [0.29, 0.717) is 13.1 Å². The predicted molar refractivity (Wildman–Crippen MR) is 65.4 cm³/mol. The first-order chi connectivity index (χ1) is 7.09. The average molecular weight is 293 g/mol. The van der Waals surface area contributed by atoms with E-state index in [1.165, 1.54) is 16.2 Å². The van der Waals surface area contributed by atoms with Crippen molar-refractivity contribution in [1.29, 1.82) is 0 Å². The summed E-state index contributed by atoms with van der Waals surface area (Å²) in [4.78, 5) is 16.8. The highest BCUT2D eigenvalue weighted by atomic mass is 79.9. The summed E-state index contributed by atoms with van der Waals surface area (Å²) in [5.41, 5.74) is 0. The third-order valence-corrected chi connectivity index (χ3v) is 3.07. The molecular weight excluding hydrogens is 280 g/mol. The van der Waals surface area contributed by atoms with E-state index in [2.05, 4.69) is 31.5 Å². The standard InChI is InChI=1S/C8H13BrN4OS/c1-13(2)8(14)11-4-3-10-7-12-6(9)5-15-7/h5H,3-4H2,1-2H3,(H,10,12)(H,11,14). The van der Waals surface area contributed by atoms with E-state index in [-0.39, 0.29) is 6.03 Å². The van der Waals surface area contributed by atoms with Gasteiger partial charge < -0.3 is 15.5 Å². The van der Waals surface area contributed by atoms with E-state index >= 15 is 0 Å². The molecule has 0 aromatic carbocycles. The number of nitrogens with one attached hydrogen (secondary N) is 2. The van der Waals surface area contributed by atoms with Crippen LogP contribution in [-0.4, -0.2) is 43.1 Å². The molecule has 2 amide bonds. The van der Waals surface area contributed by atoms with Crippen molar-refractivity contribution in [2.45, 2.75) is 0 Å². The Hall–Kier alpha value is -0.820. The molecule has 1 aromatic heterocycles. The maximum atomic E-state index is 11.1. The van der Waals surface area contributed by atoms with Gasteiger partial charge in [0, 0.05) is 32.6 Å². The normalized spacial score (nSPS) is 9.80. The van der Waals surface area contributed by atoms with E-state index < -0.39 is 0 Å². The number of amides is 2. The van der Waals surface area contributed by atoms with Crippen molar-refractivity contribution in [3.8, 4) is 0 Å². The van der Waals surface area contributed by atoms with Gasteiger partial charge in [-0.05, 0) is 15.9 Å². The minimum Gasteiger partial charge on any atom is -0.360 e. The number of carbonyl (C=O) groups is 1. The fourth-order valence-corrected chi connectivity index (χ4v) is 2.01. The molecule has 2 N–H and O–H groups in total. The number of hydrogen-bond donors (Lipinski definition) is 2. The van der Waals surface area contributed by atoms with Gasteiger partial charge in [-0.25, -0.2) is 9.78 Å². The summed E-state index contributed by atoms with van der Waals surface area (Å²) >= 11 is 4.79. The lowest BCUT2D eigenvalue weighted by Gasteiger charge is -2.11. The van der Waals surface area contributed by atoms with Gasteiger partial charge in [0.1, 0.15) is 4.60 Å². The highest BCUT2D eigenvalue weighted by Crippen LogP contribution is 2.18. The van der Waals surface area contributed by atoms with Gasteiger partial charge in [-0.3, -0.25) is 0 Å². The van der Waals surface area contributed by atoms with E-state index in [1.807, 2.05) is 5.38 Å². The minimum absolute atomic E-state index is 0.0860. The summed E-state index contributed by atoms with van der Waals surface area (Å²) in [6.45, 7) is 1.24. The SMILES string of the molecule is CN(C)C(=O)NCCNc1nc(Br)cs1. The molecule has 0 atom stereocenters. The van der Waals surface area contributed by atoms with E-state index in [4.69, 9.17) is 0 Å². The van der Waals surface area contributed by atoms with Crippen LogP contribution in [0.1, 0.15) is 0 Å². The molecule has 0 saturated heterocycles. The molecule has 1 aromatic rings. The Labute approximate surface area is 101 Å². The maximum absolute atomic E-state index is 11.1. The van der Waals surface area contributed by atoms with Crippen molar-refractivity contribution in [3.05, 3.63) is 9.98 Å². The van der Waals surface area contributed by atoms with Crippen LogP contribution in [-0.2, 0) is 0 Å². The second-order valence-corrected chi connectivity index (χ2v) is 4.70. The number of thiazole rings is 1. The van der Waals surface area contributed by atoms with Gasteiger partial charge in [-0.2, -0.15) is 0 Å². The van der Waals surface area contributed by atoms with Crippen LogP contribution < -0.4 is 10.6 Å². The lowest BCUT2D eigenvalue weighted by Crippen LogP contribution is -2.37. The smallest absolute Gasteiger partial charge is 0.316 e. The second-order valence-electron chi connectivity index (χ2n) is 3.03. The first kappa shape index (κ1) is 12.3. The minimum atomic E-state index is -0.0860. The van der Waals surface area contributed by atoms with Crippen LogP contribution in [0.4, 0.5) is 9.93 Å². The molecule has 0 unspecified atom stereocenters. The Morgan fingerprint density at radius 1 is 1.60 bits per heavy atom. The number of urea groups is 1. The van der Waals surface area contributed by atoms with Crippen LogP contribution in [0.5, 0.6) is 0 Å². The van der Waals surface area contributed by atoms with Crippen molar-refractivity contribution < 1.29 is 4.79 Å². The highest BCUT2D eigenvalue weighted by molar-refractivity contribution is 9.10. The summed E-state index contributed by atoms with van der Waals surface area (Å²) in [6, 6.07) is -0.0860. The fourth-order valence-electron chi connectivity index (χ4n) is 0.832. The zero-order valence-electron chi connectivity index (χ0n) is 8.58. The summed E-state index contributed by atoms with van der Waals surface area (Å²) in [5, 5.41) is 8.60. The molecule has 15 heavy (non-hydrogen) atoms. The van der Waals surface area contributed by atoms with Crippen molar-refractivity contribution in [2.24, 2.45) is 0 Å². The molecule has 0 spiro atoms. The molecule has 7 heteroatoms. The molecule has 5 nitrogen and oxygen atoms in total. The Balaban J connectivity index is 2.15. The third kappa shape index (κ3) is 4.48. The molecular formula is C8H13BrN4OS. The molecule has 84 valence electrons. The summed E-state index contributed by atoms with van der Waals surface area (Å²) in [7, 11) is 3.42. The van der Waals surface area contributed by atoms with E-state index in [9.17, 15) is 4.79 Å². The number of aromatic nitrogens is 1. The monoisotopic (exact) mass is 292 g/mol. The Morgan fingerprint density at radius 3 is 2.87 bits per heavy atom. The van der Waals surface area contributed by atoms with Crippen LogP contribution in [0.15, 0.2) is 9.98 Å². The van der Waals surface area contributed by atoms with Crippen LogP contribution in [0.25, 0.3) is 0 Å². The van der Waals surface area contributed by atoms with Crippen molar-refractivity contribution in [3.63, 3.8) is 0 Å². The van der Waals surface area contributed by atoms with Crippen molar-refractivity contribution in [2.75, 3.05) is 32.5 Å². The second kappa shape index (κ2) is 5.92. The topological polar surface area (TPSA) is 57.3 Å². The number of halogens is 1. The largest absolute Gasteiger partial charge is 0.360 e. The van der Waals surface area contributed by atoms with Crippen LogP contribution >= 0.6 is 27.3 Å². The Morgan fingerprint density at radius 2 is 2.33 bits per heavy atom. The number of hydrogen-bond acceptors (Lipinski definition) is 4. The summed E-state index contributed by atoms with van der Waals surface area (Å²) in [5.74, 6) is 0. The van der Waals surface area contributed by atoms with Crippen LogP contribution in [0.3, 0.4) is 0 Å². The zero-order valence-corrected chi connectivity index (χ0v) is 11.0. The molecule has 0 bridgehead atoms. The molecule has 0 fully saturated rings. The molecule has 1 rings (SSSR count). The van der Waals surface area contributed by atoms with Crippen LogP contribution in [0.2, 0.25) is 0 Å². The van der Waals surface area contributed by atoms with Gasteiger partial charge >= 0.3 is 6.03 Å². The predicted octanol–water partition coefficient (Wildman–Crippen LogP) is 1.59. The lowest BCUT2D eigenvalue weighted by molar-refractivity contribution is 0.218. The van der Waals surface area contributed by atoms with Gasteiger partial charge in [-0.1, -0.05) is 0 Å². The van der Waals surface area contributed by atoms with Gasteiger partial charge in [0.15, 0.2) is 5.13 Å². The van der Waals surface area contributed by atoms with Gasteiger partial charge in [0.2, 0.25) is 0 Å². The lowest BCUT2D eigenvalue weighted by atomic mass is 10.6. The number of nitrogens with zero attached hydrogens (tertiary/aromatic N) is 2. The van der Waals surface area contributed by atoms with E-state index in [1.54, 1.807) is 14.1 Å². The molecule has 0 aliphatic heterocycles. The Bertz CT molecular complexity index is 328. The average Bonchev–Trinajstić information content (AvgIpc) is 2.58. The van der Waals surface area contributed by atoms with Gasteiger partial charge in [-0.15, -0.1) is 11.3 Å². The van der Waals surface area contributed by atoms with E-state index in [0.717, 1.165) is 9.73 Å².